The number of ketones is 1. The molecule has 0 aromatic heterocycles. The summed E-state index contributed by atoms with van der Waals surface area (Å²) in [6.45, 7) is 4.53. The highest BCUT2D eigenvalue weighted by Gasteiger charge is 2.52. The van der Waals surface area contributed by atoms with E-state index >= 15 is 0 Å². The Hall–Kier alpha value is -1.37. The molecule has 0 amide bonds. The van der Waals surface area contributed by atoms with Crippen molar-refractivity contribution in [2.45, 2.75) is 57.3 Å². The summed E-state index contributed by atoms with van der Waals surface area (Å²) in [5, 5.41) is 0. The minimum atomic E-state index is 0.132. The predicted molar refractivity (Wildman–Crippen MR) is 85.5 cm³/mol. The second-order valence-electron chi connectivity index (χ2n) is 7.42. The Morgan fingerprint density at radius 1 is 1.33 bits per heavy atom. The minimum Gasteiger partial charge on any atom is -0.299 e. The zero-order valence-corrected chi connectivity index (χ0v) is 13.1. The molecule has 4 rings (SSSR count). The second kappa shape index (κ2) is 4.56. The molecule has 0 heterocycles. The maximum absolute atomic E-state index is 12.5. The summed E-state index contributed by atoms with van der Waals surface area (Å²) in [6.07, 6.45) is 9.81. The van der Waals surface area contributed by atoms with Crippen LogP contribution in [0.4, 0.5) is 0 Å². The average Bonchev–Trinajstić information content (AvgIpc) is 3.07. The highest BCUT2D eigenvalue weighted by atomic mass is 16.1. The van der Waals surface area contributed by atoms with Gasteiger partial charge in [0.15, 0.2) is 0 Å². The van der Waals surface area contributed by atoms with Crippen LogP contribution in [-0.2, 0) is 16.6 Å². The van der Waals surface area contributed by atoms with Crippen molar-refractivity contribution in [2.75, 3.05) is 0 Å². The quantitative estimate of drug-likeness (QED) is 0.726. The Morgan fingerprint density at radius 2 is 2.19 bits per heavy atom. The zero-order chi connectivity index (χ0) is 14.6. The SMILES string of the molecule is CCC(C)c1cccc2c1CC(=O)CC21CC2C=CC1C2. The van der Waals surface area contributed by atoms with Gasteiger partial charge in [0.2, 0.25) is 0 Å². The summed E-state index contributed by atoms with van der Waals surface area (Å²) in [7, 11) is 0. The molecule has 1 saturated carbocycles. The first-order valence-corrected chi connectivity index (χ1v) is 8.46. The number of carbonyl (C=O) groups excluding carboxylic acids is 1. The maximum Gasteiger partial charge on any atom is 0.138 e. The van der Waals surface area contributed by atoms with Gasteiger partial charge in [0.25, 0.3) is 0 Å². The molecule has 0 saturated heterocycles. The monoisotopic (exact) mass is 280 g/mol. The van der Waals surface area contributed by atoms with Gasteiger partial charge in [0, 0.05) is 18.3 Å². The third-order valence-corrected chi connectivity index (χ3v) is 6.29. The van der Waals surface area contributed by atoms with E-state index in [0.29, 0.717) is 30.0 Å². The van der Waals surface area contributed by atoms with Crippen molar-refractivity contribution in [3.63, 3.8) is 0 Å². The van der Waals surface area contributed by atoms with Crippen LogP contribution >= 0.6 is 0 Å². The van der Waals surface area contributed by atoms with Crippen molar-refractivity contribution >= 4 is 5.78 Å². The number of rotatable bonds is 2. The van der Waals surface area contributed by atoms with E-state index in [9.17, 15) is 4.79 Å². The molecule has 0 radical (unpaired) electrons. The number of Topliss-reactive ketones (excluding diaryl/α,β-unsaturated/α-hetero) is 1. The molecule has 110 valence electrons. The Bertz CT molecular complexity index is 627. The van der Waals surface area contributed by atoms with Gasteiger partial charge >= 0.3 is 0 Å². The number of benzene rings is 1. The number of carbonyl (C=O) groups is 1. The van der Waals surface area contributed by atoms with Crippen LogP contribution in [0, 0.1) is 11.8 Å². The van der Waals surface area contributed by atoms with Crippen LogP contribution in [0.2, 0.25) is 0 Å². The molecule has 3 aliphatic rings. The molecule has 1 nitrogen and oxygen atoms in total. The summed E-state index contributed by atoms with van der Waals surface area (Å²) in [6, 6.07) is 6.80. The van der Waals surface area contributed by atoms with E-state index in [-0.39, 0.29) is 5.41 Å². The number of allylic oxidation sites excluding steroid dienone is 2. The van der Waals surface area contributed by atoms with Gasteiger partial charge in [0.05, 0.1) is 0 Å². The van der Waals surface area contributed by atoms with Crippen molar-refractivity contribution in [1.29, 1.82) is 0 Å². The summed E-state index contributed by atoms with van der Waals surface area (Å²) < 4.78 is 0. The summed E-state index contributed by atoms with van der Waals surface area (Å²) in [5.74, 6) is 2.31. The molecular formula is C20H24O. The fourth-order valence-electron chi connectivity index (χ4n) is 5.12. The van der Waals surface area contributed by atoms with Crippen LogP contribution in [0.25, 0.3) is 0 Å². The highest BCUT2D eigenvalue weighted by Crippen LogP contribution is 2.58. The molecule has 1 fully saturated rings. The van der Waals surface area contributed by atoms with E-state index < -0.39 is 0 Å². The van der Waals surface area contributed by atoms with Crippen LogP contribution in [0.3, 0.4) is 0 Å². The molecular weight excluding hydrogens is 256 g/mol. The van der Waals surface area contributed by atoms with E-state index in [2.05, 4.69) is 44.2 Å². The molecule has 1 aromatic rings. The van der Waals surface area contributed by atoms with Crippen molar-refractivity contribution in [3.05, 3.63) is 47.0 Å². The van der Waals surface area contributed by atoms with Gasteiger partial charge in [-0.3, -0.25) is 4.79 Å². The topological polar surface area (TPSA) is 17.1 Å². The second-order valence-corrected chi connectivity index (χ2v) is 7.42. The first-order valence-electron chi connectivity index (χ1n) is 8.46. The van der Waals surface area contributed by atoms with E-state index in [1.165, 1.54) is 29.5 Å². The van der Waals surface area contributed by atoms with Gasteiger partial charge < -0.3 is 0 Å². The van der Waals surface area contributed by atoms with Gasteiger partial charge in [0.1, 0.15) is 5.78 Å². The lowest BCUT2D eigenvalue weighted by molar-refractivity contribution is -0.120. The number of hydrogen-bond donors (Lipinski definition) is 0. The minimum absolute atomic E-state index is 0.132. The highest BCUT2D eigenvalue weighted by molar-refractivity contribution is 5.86. The van der Waals surface area contributed by atoms with Gasteiger partial charge in [-0.2, -0.15) is 0 Å². The van der Waals surface area contributed by atoms with Crippen molar-refractivity contribution in [3.8, 4) is 0 Å². The molecule has 4 atom stereocenters. The van der Waals surface area contributed by atoms with Gasteiger partial charge in [-0.15, -0.1) is 0 Å². The third kappa shape index (κ3) is 1.79. The van der Waals surface area contributed by atoms with E-state index in [1.807, 2.05) is 0 Å². The number of hydrogen-bond acceptors (Lipinski definition) is 1. The molecule has 1 heteroatoms. The van der Waals surface area contributed by atoms with E-state index in [0.717, 1.165) is 12.8 Å². The normalized spacial score (nSPS) is 34.5. The Kier molecular flexibility index (Phi) is 2.89. The first-order chi connectivity index (χ1) is 10.1. The van der Waals surface area contributed by atoms with Crippen LogP contribution in [-0.4, -0.2) is 5.78 Å². The van der Waals surface area contributed by atoms with Gasteiger partial charge in [-0.1, -0.05) is 44.2 Å². The van der Waals surface area contributed by atoms with E-state index in [1.54, 1.807) is 0 Å². The maximum atomic E-state index is 12.5. The predicted octanol–water partition coefficient (Wildman–Crippen LogP) is 4.55. The lowest BCUT2D eigenvalue weighted by Gasteiger charge is -2.41. The molecule has 1 spiro atoms. The fourth-order valence-corrected chi connectivity index (χ4v) is 5.12. The Labute approximate surface area is 127 Å². The molecule has 0 N–H and O–H groups in total. The molecule has 2 bridgehead atoms. The van der Waals surface area contributed by atoms with Crippen molar-refractivity contribution < 1.29 is 4.79 Å². The van der Waals surface area contributed by atoms with Crippen LogP contribution in [0.5, 0.6) is 0 Å². The van der Waals surface area contributed by atoms with Gasteiger partial charge in [-0.05, 0) is 53.7 Å². The fraction of sp³-hybridized carbons (Fsp3) is 0.550. The molecule has 1 aromatic carbocycles. The van der Waals surface area contributed by atoms with Crippen LogP contribution in [0.1, 0.15) is 62.1 Å². The lowest BCUT2D eigenvalue weighted by Crippen LogP contribution is -2.39. The summed E-state index contributed by atoms with van der Waals surface area (Å²) in [4.78, 5) is 12.5. The lowest BCUT2D eigenvalue weighted by atomic mass is 9.61. The third-order valence-electron chi connectivity index (χ3n) is 6.29. The number of fused-ring (bicyclic) bond motifs is 5. The van der Waals surface area contributed by atoms with Crippen molar-refractivity contribution in [2.24, 2.45) is 11.8 Å². The van der Waals surface area contributed by atoms with Crippen LogP contribution in [0.15, 0.2) is 30.4 Å². The molecule has 21 heavy (non-hydrogen) atoms. The average molecular weight is 280 g/mol. The Morgan fingerprint density at radius 3 is 2.86 bits per heavy atom. The largest absolute Gasteiger partial charge is 0.299 e. The smallest absolute Gasteiger partial charge is 0.138 e. The van der Waals surface area contributed by atoms with Gasteiger partial charge in [-0.25, -0.2) is 0 Å². The van der Waals surface area contributed by atoms with Crippen molar-refractivity contribution in [1.82, 2.24) is 0 Å². The molecule has 3 aliphatic carbocycles. The van der Waals surface area contributed by atoms with E-state index in [4.69, 9.17) is 0 Å². The summed E-state index contributed by atoms with van der Waals surface area (Å²) >= 11 is 0. The molecule has 4 unspecified atom stereocenters. The van der Waals surface area contributed by atoms with Crippen LogP contribution < -0.4 is 0 Å². The summed E-state index contributed by atoms with van der Waals surface area (Å²) in [5.41, 5.74) is 4.45. The molecule has 0 aliphatic heterocycles. The first kappa shape index (κ1) is 13.3. The zero-order valence-electron chi connectivity index (χ0n) is 13.1. The standard InChI is InChI=1S/C20H24O/c1-3-13(2)17-5-4-6-19-18(17)10-16(21)12-20(19)11-14-7-8-15(20)9-14/h4-8,13-15H,3,9-12H2,1-2H3. The Balaban J connectivity index is 1.89.